The van der Waals surface area contributed by atoms with E-state index >= 15 is 0 Å². The molecule has 0 aliphatic carbocycles. The van der Waals surface area contributed by atoms with Gasteiger partial charge in [-0.15, -0.1) is 0 Å². The van der Waals surface area contributed by atoms with Gasteiger partial charge in [-0.3, -0.25) is 0 Å². The number of benzene rings is 2. The Hall–Kier alpha value is -2.93. The Bertz CT molecular complexity index is 882. The van der Waals surface area contributed by atoms with Gasteiger partial charge >= 0.3 is 6.01 Å². The maximum atomic E-state index is 6.00. The fourth-order valence-electron chi connectivity index (χ4n) is 3.17. The van der Waals surface area contributed by atoms with Gasteiger partial charge in [0.15, 0.2) is 11.5 Å². The van der Waals surface area contributed by atoms with Crippen molar-refractivity contribution in [3.8, 4) is 23.2 Å². The van der Waals surface area contributed by atoms with Crippen molar-refractivity contribution in [2.45, 2.75) is 52.5 Å². The number of nitrogens with zero attached hydrogens (tertiary/aromatic N) is 4. The van der Waals surface area contributed by atoms with Crippen LogP contribution in [0.5, 0.6) is 17.5 Å². The lowest BCUT2D eigenvalue weighted by molar-refractivity contribution is 0.315. The minimum Gasteiger partial charge on any atom is -0.490 e. The Balaban J connectivity index is 1.63. The van der Waals surface area contributed by atoms with Gasteiger partial charge in [-0.25, -0.2) is 0 Å². The molecule has 0 amide bonds. The molecule has 1 heterocycles. The summed E-state index contributed by atoms with van der Waals surface area (Å²) in [7, 11) is 0. The van der Waals surface area contributed by atoms with Gasteiger partial charge in [0.1, 0.15) is 0 Å². The molecule has 0 spiro atoms. The maximum Gasteiger partial charge on any atom is 0.346 e. The van der Waals surface area contributed by atoms with Crippen LogP contribution in [0.25, 0.3) is 5.69 Å². The van der Waals surface area contributed by atoms with Crippen LogP contribution in [0.4, 0.5) is 0 Å². The normalized spacial score (nSPS) is 10.9. The van der Waals surface area contributed by atoms with Crippen molar-refractivity contribution in [2.75, 3.05) is 13.2 Å². The van der Waals surface area contributed by atoms with Crippen molar-refractivity contribution in [2.24, 2.45) is 0 Å². The molecule has 0 fully saturated rings. The van der Waals surface area contributed by atoms with Crippen molar-refractivity contribution in [1.82, 2.24) is 25.5 Å². The third kappa shape index (κ3) is 6.29. The molecule has 2 aromatic carbocycles. The van der Waals surface area contributed by atoms with Gasteiger partial charge in [0.05, 0.1) is 12.3 Å². The van der Waals surface area contributed by atoms with E-state index in [-0.39, 0.29) is 0 Å². The first-order valence-electron chi connectivity index (χ1n) is 10.8. The molecule has 0 saturated carbocycles. The quantitative estimate of drug-likeness (QED) is 0.404. The molecule has 1 aromatic heterocycles. The largest absolute Gasteiger partial charge is 0.490 e. The first-order valence-corrected chi connectivity index (χ1v) is 10.8. The van der Waals surface area contributed by atoms with Crippen molar-refractivity contribution >= 4 is 0 Å². The van der Waals surface area contributed by atoms with Crippen LogP contribution in [-0.2, 0) is 6.54 Å². The number of ether oxygens (including phenoxy) is 2. The van der Waals surface area contributed by atoms with Crippen LogP contribution in [0.15, 0.2) is 48.5 Å². The summed E-state index contributed by atoms with van der Waals surface area (Å²) in [5.41, 5.74) is 1.98. The van der Waals surface area contributed by atoms with Crippen LogP contribution in [0.3, 0.4) is 0 Å². The molecular formula is C23H31N5O2. The van der Waals surface area contributed by atoms with E-state index in [0.717, 1.165) is 24.3 Å². The number of hydrogen-bond donors (Lipinski definition) is 1. The molecule has 7 heteroatoms. The third-order valence-corrected chi connectivity index (χ3v) is 4.74. The van der Waals surface area contributed by atoms with Gasteiger partial charge in [0, 0.05) is 6.54 Å². The van der Waals surface area contributed by atoms with Gasteiger partial charge in [-0.2, -0.15) is 4.68 Å². The Morgan fingerprint density at radius 2 is 1.77 bits per heavy atom. The fourth-order valence-corrected chi connectivity index (χ4v) is 3.17. The van der Waals surface area contributed by atoms with Crippen LogP contribution in [0.2, 0.25) is 0 Å². The van der Waals surface area contributed by atoms with Crippen molar-refractivity contribution in [1.29, 1.82) is 0 Å². The van der Waals surface area contributed by atoms with Gasteiger partial charge in [-0.1, -0.05) is 62.0 Å². The number of rotatable bonds is 13. The smallest absolute Gasteiger partial charge is 0.346 e. The summed E-state index contributed by atoms with van der Waals surface area (Å²) in [6, 6.07) is 15.9. The number of tetrazole rings is 1. The Morgan fingerprint density at radius 1 is 0.933 bits per heavy atom. The van der Waals surface area contributed by atoms with E-state index < -0.39 is 0 Å². The zero-order valence-electron chi connectivity index (χ0n) is 17.9. The molecule has 0 aliphatic rings. The van der Waals surface area contributed by atoms with Crippen molar-refractivity contribution in [3.05, 3.63) is 54.1 Å². The van der Waals surface area contributed by atoms with E-state index in [2.05, 4.69) is 27.8 Å². The second-order valence-electron chi connectivity index (χ2n) is 7.12. The lowest BCUT2D eigenvalue weighted by Crippen LogP contribution is -2.14. The number of aromatic nitrogens is 4. The van der Waals surface area contributed by atoms with E-state index in [4.69, 9.17) is 9.47 Å². The predicted molar refractivity (Wildman–Crippen MR) is 117 cm³/mol. The molecule has 0 atom stereocenters. The number of unbranched alkanes of at least 4 members (excludes halogenated alkanes) is 4. The lowest BCUT2D eigenvalue weighted by atomic mass is 10.1. The van der Waals surface area contributed by atoms with Crippen molar-refractivity contribution in [3.63, 3.8) is 0 Å². The van der Waals surface area contributed by atoms with E-state index in [9.17, 15) is 0 Å². The lowest BCUT2D eigenvalue weighted by Gasteiger charge is -2.13. The molecule has 30 heavy (non-hydrogen) atoms. The maximum absolute atomic E-state index is 6.00. The SMILES string of the molecule is CCCCCCCNCc1ccc(Oc2nnnn2-c2ccccc2)c(OCC)c1. The van der Waals surface area contributed by atoms with E-state index in [1.165, 1.54) is 32.1 Å². The predicted octanol–water partition coefficient (Wildman–Crippen LogP) is 4.91. The van der Waals surface area contributed by atoms with Gasteiger partial charge < -0.3 is 14.8 Å². The molecular weight excluding hydrogens is 378 g/mol. The third-order valence-electron chi connectivity index (χ3n) is 4.74. The Labute approximate surface area is 178 Å². The minimum absolute atomic E-state index is 0.292. The Kier molecular flexibility index (Phi) is 8.65. The fraction of sp³-hybridized carbons (Fsp3) is 0.435. The van der Waals surface area contributed by atoms with Crippen molar-refractivity contribution < 1.29 is 9.47 Å². The summed E-state index contributed by atoms with van der Waals surface area (Å²) >= 11 is 0. The highest BCUT2D eigenvalue weighted by atomic mass is 16.5. The molecule has 0 aliphatic heterocycles. The topological polar surface area (TPSA) is 74.1 Å². The van der Waals surface area contributed by atoms with Crippen LogP contribution in [0, 0.1) is 0 Å². The van der Waals surface area contributed by atoms with E-state index in [1.54, 1.807) is 4.68 Å². The molecule has 0 unspecified atom stereocenters. The second kappa shape index (κ2) is 11.9. The summed E-state index contributed by atoms with van der Waals surface area (Å²) in [6.07, 6.45) is 6.42. The zero-order valence-corrected chi connectivity index (χ0v) is 17.9. The first-order chi connectivity index (χ1) is 14.8. The van der Waals surface area contributed by atoms with E-state index in [0.29, 0.717) is 24.1 Å². The monoisotopic (exact) mass is 409 g/mol. The molecule has 3 aromatic rings. The summed E-state index contributed by atoms with van der Waals surface area (Å²) < 4.78 is 13.4. The highest BCUT2D eigenvalue weighted by Gasteiger charge is 2.14. The van der Waals surface area contributed by atoms with Crippen LogP contribution in [-0.4, -0.2) is 33.4 Å². The summed E-state index contributed by atoms with van der Waals surface area (Å²) in [4.78, 5) is 0. The number of nitrogens with one attached hydrogen (secondary N) is 1. The molecule has 1 N–H and O–H groups in total. The van der Waals surface area contributed by atoms with Crippen LogP contribution < -0.4 is 14.8 Å². The first kappa shape index (κ1) is 21.8. The average molecular weight is 410 g/mol. The standard InChI is InChI=1S/C23H31N5O2/c1-3-5-6-7-11-16-24-18-19-14-15-21(22(17-19)29-4-2)30-23-25-26-27-28(23)20-12-9-8-10-13-20/h8-10,12-15,17,24H,3-7,11,16,18H2,1-2H3. The van der Waals surface area contributed by atoms with E-state index in [1.807, 2.05) is 55.5 Å². The highest BCUT2D eigenvalue weighted by molar-refractivity contribution is 5.44. The summed E-state index contributed by atoms with van der Waals surface area (Å²) in [5.74, 6) is 1.27. The van der Waals surface area contributed by atoms with Gasteiger partial charge in [-0.05, 0) is 60.1 Å². The molecule has 160 valence electrons. The van der Waals surface area contributed by atoms with Gasteiger partial charge in [0.2, 0.25) is 0 Å². The molecule has 0 bridgehead atoms. The molecule has 7 nitrogen and oxygen atoms in total. The average Bonchev–Trinajstić information content (AvgIpc) is 3.24. The van der Waals surface area contributed by atoms with Gasteiger partial charge in [0.25, 0.3) is 0 Å². The highest BCUT2D eigenvalue weighted by Crippen LogP contribution is 2.32. The minimum atomic E-state index is 0.292. The van der Waals surface area contributed by atoms with Crippen LogP contribution >= 0.6 is 0 Å². The Morgan fingerprint density at radius 3 is 2.57 bits per heavy atom. The number of para-hydroxylation sites is 1. The molecule has 0 radical (unpaired) electrons. The second-order valence-corrected chi connectivity index (χ2v) is 7.12. The van der Waals surface area contributed by atoms with Crippen LogP contribution in [0.1, 0.15) is 51.5 Å². The zero-order chi connectivity index (χ0) is 21.0. The number of hydrogen-bond acceptors (Lipinski definition) is 6. The molecule has 0 saturated heterocycles. The summed E-state index contributed by atoms with van der Waals surface area (Å²) in [6.45, 7) is 6.57. The summed E-state index contributed by atoms with van der Waals surface area (Å²) in [5, 5.41) is 15.3. The molecule has 3 rings (SSSR count).